The van der Waals surface area contributed by atoms with Crippen molar-refractivity contribution in [2.24, 2.45) is 11.7 Å². The first-order chi connectivity index (χ1) is 8.75. The first-order valence-electron chi connectivity index (χ1n) is 6.47. The van der Waals surface area contributed by atoms with Crippen molar-refractivity contribution in [3.63, 3.8) is 0 Å². The van der Waals surface area contributed by atoms with Crippen molar-refractivity contribution in [3.8, 4) is 0 Å². The summed E-state index contributed by atoms with van der Waals surface area (Å²) in [5, 5.41) is 3.00. The maximum absolute atomic E-state index is 11.8. The lowest BCUT2D eigenvalue weighted by atomic mass is 10.1. The molecule has 2 rings (SSSR count). The van der Waals surface area contributed by atoms with Crippen LogP contribution in [0.4, 0.5) is 0 Å². The number of benzene rings is 1. The van der Waals surface area contributed by atoms with Gasteiger partial charge in [-0.3, -0.25) is 4.79 Å². The Labute approximate surface area is 113 Å². The van der Waals surface area contributed by atoms with Crippen molar-refractivity contribution in [3.05, 3.63) is 30.3 Å². The number of carbonyl (C=O) groups is 1. The number of nitrogens with two attached hydrogens (primary N) is 1. The second-order valence-electron chi connectivity index (χ2n) is 4.72. The van der Waals surface area contributed by atoms with Gasteiger partial charge in [0.25, 0.3) is 0 Å². The molecular formula is C14H20N2OS. The molecule has 0 aliphatic heterocycles. The van der Waals surface area contributed by atoms with E-state index in [0.29, 0.717) is 0 Å². The van der Waals surface area contributed by atoms with E-state index in [1.165, 1.54) is 4.90 Å². The quantitative estimate of drug-likeness (QED) is 0.632. The van der Waals surface area contributed by atoms with Crippen molar-refractivity contribution in [1.29, 1.82) is 0 Å². The molecule has 3 N–H and O–H groups in total. The molecule has 2 atom stereocenters. The zero-order valence-corrected chi connectivity index (χ0v) is 11.3. The standard InChI is InChI=1S/C14H20N2OS/c15-12-7-6-11(10-12)14(17)16-8-9-18-13-4-2-1-3-5-13/h1-5,11-12H,6-10,15H2,(H,16,17). The summed E-state index contributed by atoms with van der Waals surface area (Å²) in [5.74, 6) is 1.23. The number of thioether (sulfide) groups is 1. The third kappa shape index (κ3) is 4.03. The molecule has 0 aromatic heterocycles. The SMILES string of the molecule is NC1CCC(C(=O)NCCSc2ccccc2)C1. The molecule has 1 aromatic carbocycles. The number of hydrogen-bond acceptors (Lipinski definition) is 3. The van der Waals surface area contributed by atoms with Crippen LogP contribution in [0.15, 0.2) is 35.2 Å². The molecule has 1 aliphatic carbocycles. The van der Waals surface area contributed by atoms with Crippen LogP contribution in [0.25, 0.3) is 0 Å². The second-order valence-corrected chi connectivity index (χ2v) is 5.89. The van der Waals surface area contributed by atoms with Gasteiger partial charge in [-0.05, 0) is 31.4 Å². The first-order valence-corrected chi connectivity index (χ1v) is 7.45. The molecule has 0 spiro atoms. The van der Waals surface area contributed by atoms with Gasteiger partial charge in [0.1, 0.15) is 0 Å². The predicted molar refractivity (Wildman–Crippen MR) is 75.5 cm³/mol. The highest BCUT2D eigenvalue weighted by atomic mass is 32.2. The maximum Gasteiger partial charge on any atom is 0.223 e. The Bertz CT molecular complexity index is 383. The van der Waals surface area contributed by atoms with Gasteiger partial charge in [-0.2, -0.15) is 0 Å². The number of hydrogen-bond donors (Lipinski definition) is 2. The molecule has 1 aliphatic rings. The fourth-order valence-electron chi connectivity index (χ4n) is 2.26. The third-order valence-corrected chi connectivity index (χ3v) is 4.27. The summed E-state index contributed by atoms with van der Waals surface area (Å²) in [7, 11) is 0. The number of carbonyl (C=O) groups excluding carboxylic acids is 1. The Morgan fingerprint density at radius 2 is 2.11 bits per heavy atom. The predicted octanol–water partition coefficient (Wildman–Crippen LogP) is 2.02. The molecule has 1 fully saturated rings. The fourth-order valence-corrected chi connectivity index (χ4v) is 3.05. The van der Waals surface area contributed by atoms with Crippen LogP contribution in [-0.2, 0) is 4.79 Å². The van der Waals surface area contributed by atoms with E-state index < -0.39 is 0 Å². The van der Waals surface area contributed by atoms with E-state index in [1.54, 1.807) is 11.8 Å². The lowest BCUT2D eigenvalue weighted by Crippen LogP contribution is -2.31. The van der Waals surface area contributed by atoms with Gasteiger partial charge < -0.3 is 11.1 Å². The van der Waals surface area contributed by atoms with Gasteiger partial charge >= 0.3 is 0 Å². The summed E-state index contributed by atoms with van der Waals surface area (Å²) >= 11 is 1.77. The lowest BCUT2D eigenvalue weighted by Gasteiger charge is -2.10. The van der Waals surface area contributed by atoms with Crippen LogP contribution >= 0.6 is 11.8 Å². The molecule has 98 valence electrons. The topological polar surface area (TPSA) is 55.1 Å². The second kappa shape index (κ2) is 6.81. The van der Waals surface area contributed by atoms with E-state index in [0.717, 1.165) is 31.6 Å². The van der Waals surface area contributed by atoms with Crippen LogP contribution < -0.4 is 11.1 Å². The minimum atomic E-state index is 0.140. The van der Waals surface area contributed by atoms with Crippen molar-refractivity contribution in [2.75, 3.05) is 12.3 Å². The highest BCUT2D eigenvalue weighted by Crippen LogP contribution is 2.24. The molecule has 0 saturated heterocycles. The first kappa shape index (κ1) is 13.4. The number of rotatable bonds is 5. The smallest absolute Gasteiger partial charge is 0.223 e. The average Bonchev–Trinajstić information content (AvgIpc) is 2.82. The molecule has 3 nitrogen and oxygen atoms in total. The van der Waals surface area contributed by atoms with Crippen LogP contribution in [0, 0.1) is 5.92 Å². The Hall–Kier alpha value is -1.00. The molecule has 1 saturated carbocycles. The number of nitrogens with one attached hydrogen (secondary N) is 1. The summed E-state index contributed by atoms with van der Waals surface area (Å²) in [5.41, 5.74) is 5.81. The summed E-state index contributed by atoms with van der Waals surface area (Å²) < 4.78 is 0. The average molecular weight is 264 g/mol. The molecule has 2 unspecified atom stereocenters. The van der Waals surface area contributed by atoms with Gasteiger partial charge in [-0.15, -0.1) is 11.8 Å². The van der Waals surface area contributed by atoms with Crippen LogP contribution in [0.3, 0.4) is 0 Å². The van der Waals surface area contributed by atoms with E-state index >= 15 is 0 Å². The van der Waals surface area contributed by atoms with E-state index in [9.17, 15) is 4.79 Å². The normalized spacial score (nSPS) is 22.9. The fraction of sp³-hybridized carbons (Fsp3) is 0.500. The molecule has 0 radical (unpaired) electrons. The van der Waals surface area contributed by atoms with Crippen molar-refractivity contribution < 1.29 is 4.79 Å². The monoisotopic (exact) mass is 264 g/mol. The van der Waals surface area contributed by atoms with E-state index in [2.05, 4.69) is 17.4 Å². The summed E-state index contributed by atoms with van der Waals surface area (Å²) in [4.78, 5) is 13.1. The Balaban J connectivity index is 1.62. The van der Waals surface area contributed by atoms with Crippen molar-refractivity contribution in [1.82, 2.24) is 5.32 Å². The van der Waals surface area contributed by atoms with Gasteiger partial charge in [-0.1, -0.05) is 18.2 Å². The van der Waals surface area contributed by atoms with Crippen LogP contribution in [0.1, 0.15) is 19.3 Å². The zero-order chi connectivity index (χ0) is 12.8. The molecule has 1 aromatic rings. The van der Waals surface area contributed by atoms with Gasteiger partial charge in [0.2, 0.25) is 5.91 Å². The van der Waals surface area contributed by atoms with Crippen molar-refractivity contribution >= 4 is 17.7 Å². The molecule has 18 heavy (non-hydrogen) atoms. The third-order valence-electron chi connectivity index (χ3n) is 3.26. The Morgan fingerprint density at radius 1 is 1.33 bits per heavy atom. The summed E-state index contributed by atoms with van der Waals surface area (Å²) in [6.07, 6.45) is 2.77. The van der Waals surface area contributed by atoms with Crippen LogP contribution in [0.5, 0.6) is 0 Å². The highest BCUT2D eigenvalue weighted by Gasteiger charge is 2.27. The molecule has 1 amide bonds. The van der Waals surface area contributed by atoms with E-state index in [-0.39, 0.29) is 17.9 Å². The molecule has 0 bridgehead atoms. The van der Waals surface area contributed by atoms with E-state index in [4.69, 9.17) is 5.73 Å². The largest absolute Gasteiger partial charge is 0.355 e. The van der Waals surface area contributed by atoms with Crippen molar-refractivity contribution in [2.45, 2.75) is 30.2 Å². The highest BCUT2D eigenvalue weighted by molar-refractivity contribution is 7.99. The van der Waals surface area contributed by atoms with Crippen LogP contribution in [-0.4, -0.2) is 24.2 Å². The Kier molecular flexibility index (Phi) is 5.08. The maximum atomic E-state index is 11.8. The zero-order valence-electron chi connectivity index (χ0n) is 10.5. The van der Waals surface area contributed by atoms with E-state index in [1.807, 2.05) is 18.2 Å². The van der Waals surface area contributed by atoms with Gasteiger partial charge in [-0.25, -0.2) is 0 Å². The van der Waals surface area contributed by atoms with Gasteiger partial charge in [0, 0.05) is 29.2 Å². The number of amides is 1. The molecule has 0 heterocycles. The summed E-state index contributed by atoms with van der Waals surface area (Å²) in [6.45, 7) is 0.726. The Morgan fingerprint density at radius 3 is 2.78 bits per heavy atom. The lowest BCUT2D eigenvalue weighted by molar-refractivity contribution is -0.124. The molecule has 4 heteroatoms. The van der Waals surface area contributed by atoms with Gasteiger partial charge in [0.15, 0.2) is 0 Å². The minimum Gasteiger partial charge on any atom is -0.355 e. The van der Waals surface area contributed by atoms with Gasteiger partial charge in [0.05, 0.1) is 0 Å². The van der Waals surface area contributed by atoms with Crippen LogP contribution in [0.2, 0.25) is 0 Å². The summed E-state index contributed by atoms with van der Waals surface area (Å²) in [6, 6.07) is 10.5. The molecular weight excluding hydrogens is 244 g/mol. The minimum absolute atomic E-state index is 0.140.